The Labute approximate surface area is 203 Å². The summed E-state index contributed by atoms with van der Waals surface area (Å²) in [7, 11) is 0.574. The van der Waals surface area contributed by atoms with Crippen LogP contribution in [-0.4, -0.2) is 34.0 Å². The van der Waals surface area contributed by atoms with Gasteiger partial charge in [0, 0.05) is 0 Å². The van der Waals surface area contributed by atoms with Crippen LogP contribution in [0.1, 0.15) is 154 Å². The summed E-state index contributed by atoms with van der Waals surface area (Å²) in [5, 5.41) is 0. The predicted octanol–water partition coefficient (Wildman–Crippen LogP) is 10.6. The third kappa shape index (κ3) is 5.98. The van der Waals surface area contributed by atoms with Gasteiger partial charge in [-0.3, -0.25) is 0 Å². The summed E-state index contributed by atoms with van der Waals surface area (Å²) in [6, 6.07) is 0. The molecule has 0 saturated heterocycles. The first-order valence-corrected chi connectivity index (χ1v) is 18.6. The van der Waals surface area contributed by atoms with Crippen molar-refractivity contribution in [2.75, 3.05) is 0 Å². The molecule has 5 saturated carbocycles. The van der Waals surface area contributed by atoms with Crippen LogP contribution < -0.4 is 0 Å². The van der Waals surface area contributed by atoms with E-state index in [2.05, 4.69) is 0 Å². The van der Waals surface area contributed by atoms with E-state index < -0.39 is 0 Å². The van der Waals surface area contributed by atoms with Crippen LogP contribution in [0, 0.1) is 0 Å². The normalized spacial score (nSPS) is 33.2. The van der Waals surface area contributed by atoms with E-state index in [0.717, 1.165) is 0 Å². The second-order valence-electron chi connectivity index (χ2n) is 12.5. The highest BCUT2D eigenvalue weighted by Gasteiger charge is 2.46. The molecule has 0 nitrogen and oxygen atoms in total. The van der Waals surface area contributed by atoms with Crippen molar-refractivity contribution in [3.05, 3.63) is 0 Å². The molecule has 0 aromatic heterocycles. The molecule has 2 atom stereocenters. The first-order valence-electron chi connectivity index (χ1n) is 15.5. The average Bonchev–Trinajstić information content (AvgIpc) is 2.88. The Kier molecular flexibility index (Phi) is 9.75. The third-order valence-electron chi connectivity index (χ3n) is 10.4. The lowest BCUT2D eigenvalue weighted by molar-refractivity contribution is 0.448. The Morgan fingerprint density at radius 1 is 0.250 bits per heavy atom. The van der Waals surface area contributed by atoms with Crippen LogP contribution in [0.25, 0.3) is 0 Å². The van der Waals surface area contributed by atoms with Crippen LogP contribution in [0.4, 0.5) is 0 Å². The van der Waals surface area contributed by atoms with Crippen LogP contribution in [-0.2, 0) is 0 Å². The van der Waals surface area contributed by atoms with Gasteiger partial charge in [-0.05, 0) is 98.2 Å². The summed E-state index contributed by atoms with van der Waals surface area (Å²) in [6.45, 7) is 0. The summed E-state index contributed by atoms with van der Waals surface area (Å²) >= 11 is 0. The predicted molar refractivity (Wildman–Crippen MR) is 147 cm³/mol. The van der Waals surface area contributed by atoms with Gasteiger partial charge in [0.15, 0.2) is 0 Å². The molecule has 5 fully saturated rings. The van der Waals surface area contributed by atoms with E-state index in [0.29, 0.717) is 0 Å². The maximum absolute atomic E-state index is 1.67. The molecule has 0 aromatic rings. The molecule has 0 unspecified atom stereocenters. The molecular weight excluding hydrogens is 422 g/mol. The molecule has 32 heavy (non-hydrogen) atoms. The van der Waals surface area contributed by atoms with Gasteiger partial charge < -0.3 is 0 Å². The maximum Gasteiger partial charge on any atom is -0.0136 e. The fourth-order valence-electron chi connectivity index (χ4n) is 8.98. The molecule has 0 heterocycles. The summed E-state index contributed by atoms with van der Waals surface area (Å²) in [4.78, 5) is 0. The standard InChI is InChI=1S/C30H54P2/c1-5-15-25(16-6-1)31(26-17-7-2-8-18-26)29-23-13-14-24-30(29)32(27-19-9-3-10-20-27)28-21-11-4-12-22-28/h25-30H,1-24H2/t29-,30-/m0/s1. The van der Waals surface area contributed by atoms with Gasteiger partial charge in [-0.1, -0.05) is 106 Å². The molecule has 5 aliphatic carbocycles. The number of rotatable bonds is 6. The van der Waals surface area contributed by atoms with Gasteiger partial charge >= 0.3 is 0 Å². The van der Waals surface area contributed by atoms with Gasteiger partial charge in [0.1, 0.15) is 0 Å². The molecule has 2 heteroatoms. The van der Waals surface area contributed by atoms with Gasteiger partial charge in [0.25, 0.3) is 0 Å². The molecule has 0 radical (unpaired) electrons. The van der Waals surface area contributed by atoms with Crippen molar-refractivity contribution in [2.24, 2.45) is 0 Å². The summed E-state index contributed by atoms with van der Waals surface area (Å²) in [6.07, 6.45) is 38.4. The molecule has 0 aliphatic heterocycles. The monoisotopic (exact) mass is 476 g/mol. The first-order chi connectivity index (χ1) is 15.9. The van der Waals surface area contributed by atoms with Crippen LogP contribution in [0.2, 0.25) is 0 Å². The van der Waals surface area contributed by atoms with Crippen molar-refractivity contribution in [3.63, 3.8) is 0 Å². The second kappa shape index (κ2) is 12.7. The van der Waals surface area contributed by atoms with Crippen LogP contribution in [0.5, 0.6) is 0 Å². The quantitative estimate of drug-likeness (QED) is 0.334. The lowest BCUT2D eigenvalue weighted by Gasteiger charge is -2.53. The SMILES string of the molecule is C1CCC(P(C2CCCCC2)[C@H]2CCCC[C@@H]2P(C2CCCCC2)C2CCCCC2)CC1. The molecule has 0 bridgehead atoms. The van der Waals surface area contributed by atoms with E-state index in [-0.39, 0.29) is 15.8 Å². The third-order valence-corrected chi connectivity index (χ3v) is 18.9. The second-order valence-corrected chi connectivity index (χ2v) is 18.5. The topological polar surface area (TPSA) is 0 Å². The van der Waals surface area contributed by atoms with Gasteiger partial charge in [-0.15, -0.1) is 0 Å². The lowest BCUT2D eigenvalue weighted by Crippen LogP contribution is -2.39. The minimum absolute atomic E-state index is 0.287. The molecule has 5 aliphatic rings. The van der Waals surface area contributed by atoms with Crippen LogP contribution in [0.3, 0.4) is 0 Å². The molecule has 0 amide bonds. The van der Waals surface area contributed by atoms with Gasteiger partial charge in [0.2, 0.25) is 0 Å². The lowest BCUT2D eigenvalue weighted by atomic mass is 9.98. The summed E-state index contributed by atoms with van der Waals surface area (Å²) in [5.41, 5.74) is 7.15. The van der Waals surface area contributed by atoms with Crippen molar-refractivity contribution >= 4 is 15.8 Å². The van der Waals surface area contributed by atoms with Gasteiger partial charge in [-0.2, -0.15) is 0 Å². The average molecular weight is 477 g/mol. The van der Waals surface area contributed by atoms with E-state index in [4.69, 9.17) is 0 Å². The fourth-order valence-corrected chi connectivity index (χ4v) is 19.2. The van der Waals surface area contributed by atoms with Crippen molar-refractivity contribution in [1.29, 1.82) is 0 Å². The zero-order valence-corrected chi connectivity index (χ0v) is 23.1. The fraction of sp³-hybridized carbons (Fsp3) is 1.00. The Balaban J connectivity index is 1.42. The molecule has 0 spiro atoms. The molecular formula is C30H54P2. The smallest absolute Gasteiger partial charge is 0.0136 e. The maximum atomic E-state index is 1.67. The van der Waals surface area contributed by atoms with E-state index in [1.165, 1.54) is 34.0 Å². The highest BCUT2D eigenvalue weighted by atomic mass is 31.1. The minimum atomic E-state index is 0.287. The Morgan fingerprint density at radius 2 is 0.469 bits per heavy atom. The van der Waals surface area contributed by atoms with Crippen molar-refractivity contribution in [3.8, 4) is 0 Å². The Morgan fingerprint density at radius 3 is 0.719 bits per heavy atom. The van der Waals surface area contributed by atoms with Gasteiger partial charge in [0.05, 0.1) is 0 Å². The van der Waals surface area contributed by atoms with E-state index >= 15 is 0 Å². The van der Waals surface area contributed by atoms with Crippen molar-refractivity contribution in [2.45, 2.75) is 188 Å². The highest BCUT2D eigenvalue weighted by Crippen LogP contribution is 2.69. The summed E-state index contributed by atoms with van der Waals surface area (Å²) in [5.74, 6) is 0. The number of hydrogen-bond acceptors (Lipinski definition) is 0. The van der Waals surface area contributed by atoms with Crippen molar-refractivity contribution < 1.29 is 0 Å². The van der Waals surface area contributed by atoms with Crippen LogP contribution >= 0.6 is 15.8 Å². The largest absolute Gasteiger partial charge is 0.0965 e. The van der Waals surface area contributed by atoms with E-state index in [1.54, 1.807) is 154 Å². The first kappa shape index (κ1) is 24.5. The van der Waals surface area contributed by atoms with Crippen molar-refractivity contribution in [1.82, 2.24) is 0 Å². The van der Waals surface area contributed by atoms with E-state index in [1.807, 2.05) is 0 Å². The molecule has 5 rings (SSSR count). The van der Waals surface area contributed by atoms with Gasteiger partial charge in [-0.25, -0.2) is 0 Å². The molecule has 0 N–H and O–H groups in total. The zero-order chi connectivity index (χ0) is 21.6. The Bertz CT molecular complexity index is 439. The summed E-state index contributed by atoms with van der Waals surface area (Å²) < 4.78 is 0. The minimum Gasteiger partial charge on any atom is -0.0965 e. The molecule has 0 aromatic carbocycles. The zero-order valence-electron chi connectivity index (χ0n) is 21.3. The number of hydrogen-bond donors (Lipinski definition) is 0. The highest BCUT2D eigenvalue weighted by molar-refractivity contribution is 7.64. The molecule has 184 valence electrons. The Hall–Kier alpha value is 0.860. The van der Waals surface area contributed by atoms with E-state index in [9.17, 15) is 0 Å². The van der Waals surface area contributed by atoms with Crippen LogP contribution in [0.15, 0.2) is 0 Å².